The van der Waals surface area contributed by atoms with E-state index in [0.717, 1.165) is 6.42 Å². The van der Waals surface area contributed by atoms with E-state index in [4.69, 9.17) is 11.6 Å². The number of ether oxygens (including phenoxy) is 1. The van der Waals surface area contributed by atoms with Crippen LogP contribution < -0.4 is 0 Å². The minimum absolute atomic E-state index is 0.00843. The number of methoxy groups -OCH3 is 1. The summed E-state index contributed by atoms with van der Waals surface area (Å²) in [5, 5.41) is 0. The van der Waals surface area contributed by atoms with Crippen LogP contribution in [-0.2, 0) is 9.53 Å². The second kappa shape index (κ2) is 3.30. The van der Waals surface area contributed by atoms with Gasteiger partial charge in [-0.3, -0.25) is 0 Å². The van der Waals surface area contributed by atoms with E-state index in [1.165, 1.54) is 18.9 Å². The molecule has 0 amide bonds. The van der Waals surface area contributed by atoms with Crippen molar-refractivity contribution in [3.05, 3.63) is 11.0 Å². The van der Waals surface area contributed by atoms with Crippen LogP contribution in [0.15, 0.2) is 11.0 Å². The molecular weight excluding hydrogens is 172 g/mol. The molecule has 1 unspecified atom stereocenters. The monoisotopic (exact) mass is 178 g/mol. The van der Waals surface area contributed by atoms with Gasteiger partial charge in [0.05, 0.1) is 16.7 Å². The topological polar surface area (TPSA) is 26.3 Å². The summed E-state index contributed by atoms with van der Waals surface area (Å²) < 4.78 is 4.50. The van der Waals surface area contributed by atoms with Gasteiger partial charge in [0.1, 0.15) is 0 Å². The number of carbonyl (C=O) groups is 1. The van der Waals surface area contributed by atoms with Crippen molar-refractivity contribution in [2.45, 2.75) is 11.1 Å². The summed E-state index contributed by atoms with van der Waals surface area (Å²) in [4.78, 5) is 11.4. The van der Waals surface area contributed by atoms with Gasteiger partial charge in [-0.05, 0) is 6.42 Å². The lowest BCUT2D eigenvalue weighted by Crippen LogP contribution is -1.99. The Morgan fingerprint density at radius 2 is 2.70 bits per heavy atom. The summed E-state index contributed by atoms with van der Waals surface area (Å²) in [6, 6.07) is 0. The van der Waals surface area contributed by atoms with Crippen LogP contribution in [0.4, 0.5) is 0 Å². The zero-order valence-corrected chi connectivity index (χ0v) is 7.04. The molecule has 1 aliphatic heterocycles. The van der Waals surface area contributed by atoms with E-state index in [1.807, 2.05) is 0 Å². The summed E-state index contributed by atoms with van der Waals surface area (Å²) in [7, 11) is 1.37. The highest BCUT2D eigenvalue weighted by Gasteiger charge is 2.20. The molecule has 1 rings (SSSR count). The van der Waals surface area contributed by atoms with E-state index < -0.39 is 0 Å². The van der Waals surface area contributed by atoms with E-state index in [1.54, 1.807) is 6.08 Å². The van der Waals surface area contributed by atoms with Gasteiger partial charge in [0, 0.05) is 0 Å². The summed E-state index contributed by atoms with van der Waals surface area (Å²) in [5.74, 6) is -0.284. The number of allylic oxidation sites excluding steroid dienone is 1. The predicted octanol–water partition coefficient (Wildman–Crippen LogP) is 1.75. The average molecular weight is 179 g/mol. The van der Waals surface area contributed by atoms with Crippen LogP contribution in [0.1, 0.15) is 6.42 Å². The Labute approximate surface area is 68.6 Å². The van der Waals surface area contributed by atoms with Crippen LogP contribution in [0.5, 0.6) is 0 Å². The third-order valence-electron chi connectivity index (χ3n) is 1.13. The fourth-order valence-corrected chi connectivity index (χ4v) is 1.88. The first-order valence-corrected chi connectivity index (χ1v) is 4.15. The molecule has 0 aromatic carbocycles. The van der Waals surface area contributed by atoms with Crippen LogP contribution in [0, 0.1) is 0 Å². The lowest BCUT2D eigenvalue weighted by Gasteiger charge is -1.98. The minimum atomic E-state index is -0.284. The van der Waals surface area contributed by atoms with Gasteiger partial charge in [-0.25, -0.2) is 4.79 Å². The molecule has 0 spiro atoms. The normalized spacial score (nSPS) is 24.2. The first-order chi connectivity index (χ1) is 4.74. The van der Waals surface area contributed by atoms with Gasteiger partial charge >= 0.3 is 5.97 Å². The van der Waals surface area contributed by atoms with Crippen LogP contribution in [-0.4, -0.2) is 17.8 Å². The van der Waals surface area contributed by atoms with E-state index in [9.17, 15) is 4.79 Å². The molecule has 1 heterocycles. The molecule has 56 valence electrons. The molecule has 0 aromatic rings. The lowest BCUT2D eigenvalue weighted by molar-refractivity contribution is -0.135. The standard InChI is InChI=1S/C6H7ClO2S/c1-9-6(8)4-2-3-5(7)10-4/h2,5H,3H2,1H3. The van der Waals surface area contributed by atoms with Crippen molar-refractivity contribution in [3.63, 3.8) is 0 Å². The fraction of sp³-hybridized carbons (Fsp3) is 0.500. The van der Waals surface area contributed by atoms with Gasteiger partial charge in [0.2, 0.25) is 0 Å². The number of thioether (sulfide) groups is 1. The molecule has 0 saturated carbocycles. The molecule has 1 atom stereocenters. The third-order valence-corrected chi connectivity index (χ3v) is 2.61. The highest BCUT2D eigenvalue weighted by Crippen LogP contribution is 2.34. The smallest absolute Gasteiger partial charge is 0.344 e. The lowest BCUT2D eigenvalue weighted by atomic mass is 10.4. The van der Waals surface area contributed by atoms with Crippen molar-refractivity contribution in [1.29, 1.82) is 0 Å². The summed E-state index contributed by atoms with van der Waals surface area (Å²) in [5.41, 5.74) is 0. The molecule has 0 aromatic heterocycles. The highest BCUT2D eigenvalue weighted by molar-refractivity contribution is 8.05. The Morgan fingerprint density at radius 3 is 3.10 bits per heavy atom. The first-order valence-electron chi connectivity index (χ1n) is 2.83. The number of hydrogen-bond donors (Lipinski definition) is 0. The van der Waals surface area contributed by atoms with Crippen molar-refractivity contribution in [3.8, 4) is 0 Å². The SMILES string of the molecule is COC(=O)C1=CCC(Cl)S1. The molecule has 2 nitrogen and oxygen atoms in total. The zero-order chi connectivity index (χ0) is 7.56. The summed E-state index contributed by atoms with van der Waals surface area (Å²) >= 11 is 7.06. The Bertz CT molecular complexity index is 179. The van der Waals surface area contributed by atoms with Crippen molar-refractivity contribution in [1.82, 2.24) is 0 Å². The van der Waals surface area contributed by atoms with Gasteiger partial charge in [0.25, 0.3) is 0 Å². The maximum absolute atomic E-state index is 10.8. The third kappa shape index (κ3) is 1.67. The van der Waals surface area contributed by atoms with Crippen molar-refractivity contribution < 1.29 is 9.53 Å². The van der Waals surface area contributed by atoms with E-state index in [0.29, 0.717) is 4.91 Å². The van der Waals surface area contributed by atoms with Crippen LogP contribution in [0.3, 0.4) is 0 Å². The molecule has 4 heteroatoms. The van der Waals surface area contributed by atoms with Gasteiger partial charge in [-0.2, -0.15) is 0 Å². The van der Waals surface area contributed by atoms with Crippen LogP contribution >= 0.6 is 23.4 Å². The van der Waals surface area contributed by atoms with Crippen molar-refractivity contribution in [2.24, 2.45) is 0 Å². The Balaban J connectivity index is 2.51. The van der Waals surface area contributed by atoms with E-state index in [-0.39, 0.29) is 10.7 Å². The number of rotatable bonds is 1. The highest BCUT2D eigenvalue weighted by atomic mass is 35.5. The second-order valence-electron chi connectivity index (χ2n) is 1.82. The quantitative estimate of drug-likeness (QED) is 0.452. The zero-order valence-electron chi connectivity index (χ0n) is 5.46. The maximum Gasteiger partial charge on any atom is 0.344 e. The van der Waals surface area contributed by atoms with Crippen molar-refractivity contribution in [2.75, 3.05) is 7.11 Å². The molecule has 0 radical (unpaired) electrons. The minimum Gasteiger partial charge on any atom is -0.465 e. The van der Waals surface area contributed by atoms with Gasteiger partial charge < -0.3 is 4.74 Å². The summed E-state index contributed by atoms with van der Waals surface area (Å²) in [6.45, 7) is 0. The number of esters is 1. The fourth-order valence-electron chi connectivity index (χ4n) is 0.666. The molecule has 0 aliphatic carbocycles. The second-order valence-corrected chi connectivity index (χ2v) is 3.85. The number of halogens is 1. The van der Waals surface area contributed by atoms with Crippen LogP contribution in [0.2, 0.25) is 0 Å². The Kier molecular flexibility index (Phi) is 2.63. The Hall–Kier alpha value is -0.150. The molecule has 0 saturated heterocycles. The Morgan fingerprint density at radius 1 is 2.00 bits per heavy atom. The maximum atomic E-state index is 10.8. The largest absolute Gasteiger partial charge is 0.465 e. The molecule has 10 heavy (non-hydrogen) atoms. The molecule has 0 bridgehead atoms. The van der Waals surface area contributed by atoms with Gasteiger partial charge in [-0.15, -0.1) is 11.6 Å². The first kappa shape index (κ1) is 7.95. The van der Waals surface area contributed by atoms with E-state index >= 15 is 0 Å². The number of alkyl halides is 1. The van der Waals surface area contributed by atoms with E-state index in [2.05, 4.69) is 4.74 Å². The number of hydrogen-bond acceptors (Lipinski definition) is 3. The van der Waals surface area contributed by atoms with Gasteiger partial charge in [0.15, 0.2) is 0 Å². The number of carbonyl (C=O) groups excluding carboxylic acids is 1. The molecule has 0 fully saturated rings. The molecule has 0 N–H and O–H groups in total. The average Bonchev–Trinajstić information content (AvgIpc) is 2.34. The predicted molar refractivity (Wildman–Crippen MR) is 41.9 cm³/mol. The molecular formula is C6H7ClO2S. The van der Waals surface area contributed by atoms with Crippen molar-refractivity contribution >= 4 is 29.3 Å². The van der Waals surface area contributed by atoms with Gasteiger partial charge in [-0.1, -0.05) is 17.8 Å². The van der Waals surface area contributed by atoms with Crippen LogP contribution in [0.25, 0.3) is 0 Å². The summed E-state index contributed by atoms with van der Waals surface area (Å²) in [6.07, 6.45) is 2.55. The molecule has 1 aliphatic rings.